The third-order valence-electron chi connectivity index (χ3n) is 1.60. The lowest BCUT2D eigenvalue weighted by Crippen LogP contribution is -2.06. The van der Waals surface area contributed by atoms with E-state index < -0.39 is 0 Å². The van der Waals surface area contributed by atoms with E-state index in [9.17, 15) is 0 Å². The third kappa shape index (κ3) is 1.94. The summed E-state index contributed by atoms with van der Waals surface area (Å²) in [6.45, 7) is 4.15. The molecule has 1 heterocycles. The van der Waals surface area contributed by atoms with Crippen LogP contribution < -0.4 is 5.73 Å². The second-order valence-corrected chi connectivity index (χ2v) is 3.90. The zero-order chi connectivity index (χ0) is 9.14. The van der Waals surface area contributed by atoms with Crippen LogP contribution in [0.15, 0.2) is 6.07 Å². The highest BCUT2D eigenvalue weighted by Crippen LogP contribution is 2.15. The van der Waals surface area contributed by atoms with Gasteiger partial charge in [0.2, 0.25) is 0 Å². The Balaban J connectivity index is 2.85. The molecular weight excluding hydrogens is 170 g/mol. The number of aromatic nitrogens is 2. The monoisotopic (exact) mass is 185 g/mol. The minimum absolute atomic E-state index is 0.348. The first kappa shape index (κ1) is 9.45. The van der Waals surface area contributed by atoms with Gasteiger partial charge in [0, 0.05) is 17.9 Å². The van der Waals surface area contributed by atoms with E-state index in [0.29, 0.717) is 6.04 Å². The third-order valence-corrected chi connectivity index (χ3v) is 2.18. The molecule has 0 radical (unpaired) electrons. The molecule has 0 saturated carbocycles. The summed E-state index contributed by atoms with van der Waals surface area (Å²) >= 11 is 1.76. The standard InChI is InChI=1S/C8H15N3S/c1-6(2)11-8(9)4-7(10-11)5-12-3/h4,6H,5,9H2,1-3H3. The van der Waals surface area contributed by atoms with Crippen molar-refractivity contribution in [1.82, 2.24) is 9.78 Å². The molecule has 1 aromatic heterocycles. The number of nitrogens with zero attached hydrogens (tertiary/aromatic N) is 2. The number of anilines is 1. The van der Waals surface area contributed by atoms with Gasteiger partial charge in [-0.15, -0.1) is 0 Å². The molecule has 0 unspecified atom stereocenters. The van der Waals surface area contributed by atoms with Gasteiger partial charge in [-0.05, 0) is 20.1 Å². The van der Waals surface area contributed by atoms with Crippen molar-refractivity contribution in [1.29, 1.82) is 0 Å². The summed E-state index contributed by atoms with van der Waals surface area (Å²) in [4.78, 5) is 0. The topological polar surface area (TPSA) is 43.8 Å². The highest BCUT2D eigenvalue weighted by Gasteiger charge is 2.06. The molecule has 3 nitrogen and oxygen atoms in total. The van der Waals surface area contributed by atoms with E-state index in [1.165, 1.54) is 0 Å². The summed E-state index contributed by atoms with van der Waals surface area (Å²) in [5.41, 5.74) is 6.83. The molecule has 1 aromatic rings. The van der Waals surface area contributed by atoms with Gasteiger partial charge in [-0.3, -0.25) is 0 Å². The Labute approximate surface area is 77.3 Å². The molecule has 0 saturated heterocycles. The van der Waals surface area contributed by atoms with Crippen LogP contribution in [0.1, 0.15) is 25.6 Å². The van der Waals surface area contributed by atoms with Crippen LogP contribution in [0.25, 0.3) is 0 Å². The Hall–Kier alpha value is -0.640. The van der Waals surface area contributed by atoms with Crippen molar-refractivity contribution in [3.63, 3.8) is 0 Å². The molecule has 4 heteroatoms. The van der Waals surface area contributed by atoms with Crippen LogP contribution in [0.2, 0.25) is 0 Å². The predicted molar refractivity (Wildman–Crippen MR) is 54.2 cm³/mol. The average Bonchev–Trinajstić information content (AvgIpc) is 2.32. The van der Waals surface area contributed by atoms with Crippen LogP contribution in [0.4, 0.5) is 5.82 Å². The first-order valence-electron chi connectivity index (χ1n) is 3.98. The van der Waals surface area contributed by atoms with E-state index in [1.54, 1.807) is 11.8 Å². The maximum absolute atomic E-state index is 5.76. The fraction of sp³-hybridized carbons (Fsp3) is 0.625. The van der Waals surface area contributed by atoms with E-state index >= 15 is 0 Å². The number of hydrogen-bond acceptors (Lipinski definition) is 3. The van der Waals surface area contributed by atoms with Gasteiger partial charge in [0.05, 0.1) is 5.69 Å². The zero-order valence-electron chi connectivity index (χ0n) is 7.74. The Morgan fingerprint density at radius 2 is 2.33 bits per heavy atom. The molecule has 68 valence electrons. The quantitative estimate of drug-likeness (QED) is 0.782. The second-order valence-electron chi connectivity index (χ2n) is 3.03. The molecule has 0 aliphatic carbocycles. The summed E-state index contributed by atoms with van der Waals surface area (Å²) < 4.78 is 1.85. The van der Waals surface area contributed by atoms with Gasteiger partial charge in [0.25, 0.3) is 0 Å². The van der Waals surface area contributed by atoms with E-state index in [0.717, 1.165) is 17.3 Å². The SMILES string of the molecule is CSCc1cc(N)n(C(C)C)n1. The Bertz CT molecular complexity index is 255. The fourth-order valence-electron chi connectivity index (χ4n) is 1.09. The largest absolute Gasteiger partial charge is 0.384 e. The van der Waals surface area contributed by atoms with Crippen molar-refractivity contribution in [2.24, 2.45) is 0 Å². The zero-order valence-corrected chi connectivity index (χ0v) is 8.56. The predicted octanol–water partition coefficient (Wildman–Crippen LogP) is 1.91. The molecule has 0 aliphatic heterocycles. The normalized spacial score (nSPS) is 11.0. The van der Waals surface area contributed by atoms with Crippen molar-refractivity contribution < 1.29 is 0 Å². The highest BCUT2D eigenvalue weighted by molar-refractivity contribution is 7.97. The van der Waals surface area contributed by atoms with Gasteiger partial charge in [0.1, 0.15) is 5.82 Å². The summed E-state index contributed by atoms with van der Waals surface area (Å²) in [6, 6.07) is 2.29. The lowest BCUT2D eigenvalue weighted by molar-refractivity contribution is 0.536. The molecular formula is C8H15N3S. The Kier molecular flexibility index (Phi) is 3.03. The van der Waals surface area contributed by atoms with Crippen LogP contribution in [0.3, 0.4) is 0 Å². The first-order chi connectivity index (χ1) is 5.65. The van der Waals surface area contributed by atoms with Crippen molar-refractivity contribution in [2.45, 2.75) is 25.6 Å². The van der Waals surface area contributed by atoms with Crippen molar-refractivity contribution in [2.75, 3.05) is 12.0 Å². The minimum Gasteiger partial charge on any atom is -0.384 e. The van der Waals surface area contributed by atoms with E-state index in [-0.39, 0.29) is 0 Å². The lowest BCUT2D eigenvalue weighted by atomic mass is 10.4. The number of thioether (sulfide) groups is 1. The van der Waals surface area contributed by atoms with E-state index in [1.807, 2.05) is 10.7 Å². The van der Waals surface area contributed by atoms with Gasteiger partial charge in [-0.2, -0.15) is 16.9 Å². The van der Waals surface area contributed by atoms with Gasteiger partial charge < -0.3 is 5.73 Å². The van der Waals surface area contributed by atoms with Crippen molar-refractivity contribution >= 4 is 17.6 Å². The molecule has 0 fully saturated rings. The van der Waals surface area contributed by atoms with Crippen LogP contribution >= 0.6 is 11.8 Å². The Morgan fingerprint density at radius 3 is 2.75 bits per heavy atom. The molecule has 1 rings (SSSR count). The molecule has 2 N–H and O–H groups in total. The van der Waals surface area contributed by atoms with Crippen LogP contribution in [0, 0.1) is 0 Å². The Morgan fingerprint density at radius 1 is 1.67 bits per heavy atom. The fourth-order valence-corrected chi connectivity index (χ4v) is 1.53. The number of nitrogen functional groups attached to an aromatic ring is 1. The maximum Gasteiger partial charge on any atom is 0.122 e. The van der Waals surface area contributed by atoms with Gasteiger partial charge in [0.15, 0.2) is 0 Å². The summed E-state index contributed by atoms with van der Waals surface area (Å²) in [5.74, 6) is 1.69. The lowest BCUT2D eigenvalue weighted by Gasteiger charge is -2.06. The summed E-state index contributed by atoms with van der Waals surface area (Å²) in [5, 5.41) is 4.37. The van der Waals surface area contributed by atoms with Gasteiger partial charge in [-0.25, -0.2) is 4.68 Å². The van der Waals surface area contributed by atoms with Crippen LogP contribution in [-0.4, -0.2) is 16.0 Å². The highest BCUT2D eigenvalue weighted by atomic mass is 32.2. The number of nitrogens with two attached hydrogens (primary N) is 1. The first-order valence-corrected chi connectivity index (χ1v) is 5.37. The van der Waals surface area contributed by atoms with Gasteiger partial charge >= 0.3 is 0 Å². The molecule has 0 aliphatic rings. The van der Waals surface area contributed by atoms with Gasteiger partial charge in [-0.1, -0.05) is 0 Å². The smallest absolute Gasteiger partial charge is 0.122 e. The summed E-state index contributed by atoms with van der Waals surface area (Å²) in [6.07, 6.45) is 2.06. The number of hydrogen-bond donors (Lipinski definition) is 1. The second kappa shape index (κ2) is 3.85. The molecule has 0 atom stereocenters. The molecule has 12 heavy (non-hydrogen) atoms. The maximum atomic E-state index is 5.76. The molecule has 0 spiro atoms. The van der Waals surface area contributed by atoms with E-state index in [4.69, 9.17) is 5.73 Å². The molecule has 0 bridgehead atoms. The summed E-state index contributed by atoms with van der Waals surface area (Å²) in [7, 11) is 0. The number of rotatable bonds is 3. The van der Waals surface area contributed by atoms with Crippen molar-refractivity contribution in [3.05, 3.63) is 11.8 Å². The van der Waals surface area contributed by atoms with E-state index in [2.05, 4.69) is 25.2 Å². The molecule has 0 aromatic carbocycles. The van der Waals surface area contributed by atoms with Crippen LogP contribution in [-0.2, 0) is 5.75 Å². The van der Waals surface area contributed by atoms with Crippen molar-refractivity contribution in [3.8, 4) is 0 Å². The molecule has 0 amide bonds. The minimum atomic E-state index is 0.348. The average molecular weight is 185 g/mol. The van der Waals surface area contributed by atoms with Crippen LogP contribution in [0.5, 0.6) is 0 Å².